The fraction of sp³-hybridized carbons (Fsp3) is 0.348. The van der Waals surface area contributed by atoms with E-state index in [9.17, 15) is 8.42 Å². The van der Waals surface area contributed by atoms with Gasteiger partial charge in [0.2, 0.25) is 26.6 Å². The van der Waals surface area contributed by atoms with Gasteiger partial charge in [-0.3, -0.25) is 0 Å². The van der Waals surface area contributed by atoms with Gasteiger partial charge in [-0.05, 0) is 36.8 Å². The molecule has 2 heterocycles. The lowest BCUT2D eigenvalue weighted by Gasteiger charge is -2.18. The summed E-state index contributed by atoms with van der Waals surface area (Å²) in [7, 11) is 0.589. The number of aromatic nitrogens is 1. The van der Waals surface area contributed by atoms with Crippen molar-refractivity contribution >= 4 is 15.7 Å². The average Bonchev–Trinajstić information content (AvgIpc) is 3.31. The molecule has 182 valence electrons. The number of nitrogens with zero attached hydrogens (tertiary/aromatic N) is 1. The number of fused-ring (bicyclic) bond motifs is 1. The first-order valence-corrected chi connectivity index (χ1v) is 12.1. The number of ether oxygens (including phenoxy) is 5. The molecule has 0 aliphatic carbocycles. The van der Waals surface area contributed by atoms with E-state index in [0.29, 0.717) is 61.3 Å². The van der Waals surface area contributed by atoms with E-state index in [2.05, 4.69) is 10.3 Å². The van der Waals surface area contributed by atoms with Crippen LogP contribution < -0.4 is 24.3 Å². The molecule has 0 unspecified atom stereocenters. The maximum Gasteiger partial charge on any atom is 0.233 e. The molecule has 0 saturated carbocycles. The summed E-state index contributed by atoms with van der Waals surface area (Å²) in [6.07, 6.45) is 0.645. The molecule has 0 bridgehead atoms. The summed E-state index contributed by atoms with van der Waals surface area (Å²) in [5.74, 6) is 2.01. The number of methoxy groups -OCH3 is 3. The van der Waals surface area contributed by atoms with Crippen molar-refractivity contribution in [3.8, 4) is 34.5 Å². The van der Waals surface area contributed by atoms with Gasteiger partial charge in [-0.15, -0.1) is 0 Å². The van der Waals surface area contributed by atoms with Crippen LogP contribution in [0, 0.1) is 0 Å². The van der Waals surface area contributed by atoms with Gasteiger partial charge in [-0.25, -0.2) is 8.42 Å². The second kappa shape index (κ2) is 10.2. The first-order chi connectivity index (χ1) is 16.5. The molecule has 0 atom stereocenters. The third-order valence-corrected chi connectivity index (χ3v) is 6.78. The van der Waals surface area contributed by atoms with E-state index in [1.807, 2.05) is 0 Å². The Hall–Kier alpha value is -3.44. The number of nitrogens with one attached hydrogen (secondary N) is 1. The zero-order valence-corrected chi connectivity index (χ0v) is 19.9. The van der Waals surface area contributed by atoms with Crippen LogP contribution in [-0.2, 0) is 14.6 Å². The molecule has 0 radical (unpaired) electrons. The van der Waals surface area contributed by atoms with Crippen LogP contribution in [-0.4, -0.2) is 61.1 Å². The summed E-state index contributed by atoms with van der Waals surface area (Å²) in [4.78, 5) is 4.37. The van der Waals surface area contributed by atoms with Gasteiger partial charge in [-0.2, -0.15) is 4.98 Å². The molecule has 34 heavy (non-hydrogen) atoms. The number of sulfone groups is 1. The van der Waals surface area contributed by atoms with Crippen LogP contribution in [0.25, 0.3) is 11.5 Å². The van der Waals surface area contributed by atoms with E-state index >= 15 is 0 Å². The molecule has 3 aromatic rings. The maximum atomic E-state index is 13.6. The normalized spacial score (nSPS) is 12.9. The van der Waals surface area contributed by atoms with Crippen LogP contribution in [0.1, 0.15) is 6.42 Å². The number of anilines is 1. The Bertz CT molecular complexity index is 1260. The van der Waals surface area contributed by atoms with Gasteiger partial charge in [0.25, 0.3) is 0 Å². The third-order valence-electron chi connectivity index (χ3n) is 5.12. The Morgan fingerprint density at radius 3 is 2.47 bits per heavy atom. The van der Waals surface area contributed by atoms with Crippen molar-refractivity contribution in [3.05, 3.63) is 36.4 Å². The van der Waals surface area contributed by atoms with Crippen molar-refractivity contribution < 1.29 is 36.5 Å². The number of rotatable bonds is 10. The SMILES string of the molecule is COCCCNc1oc(-c2ccc(OC)c(OC)c2)nc1S(=O)(=O)c1ccc2c(c1)OCCO2. The molecule has 0 saturated heterocycles. The van der Waals surface area contributed by atoms with E-state index in [0.717, 1.165) is 0 Å². The van der Waals surface area contributed by atoms with Crippen molar-refractivity contribution in [1.29, 1.82) is 0 Å². The summed E-state index contributed by atoms with van der Waals surface area (Å²) in [5, 5.41) is 2.80. The van der Waals surface area contributed by atoms with Gasteiger partial charge in [0.15, 0.2) is 23.0 Å². The van der Waals surface area contributed by atoms with Crippen LogP contribution in [0.5, 0.6) is 23.0 Å². The Labute approximate surface area is 197 Å². The highest BCUT2D eigenvalue weighted by Gasteiger charge is 2.30. The summed E-state index contributed by atoms with van der Waals surface area (Å²) >= 11 is 0. The molecule has 2 aromatic carbocycles. The molecular formula is C23H26N2O8S. The van der Waals surface area contributed by atoms with E-state index in [4.69, 9.17) is 28.1 Å². The molecule has 0 spiro atoms. The Kier molecular flexibility index (Phi) is 7.13. The Morgan fingerprint density at radius 1 is 0.971 bits per heavy atom. The minimum Gasteiger partial charge on any atom is -0.493 e. The molecule has 0 amide bonds. The van der Waals surface area contributed by atoms with Crippen molar-refractivity contribution in [3.63, 3.8) is 0 Å². The number of benzene rings is 2. The van der Waals surface area contributed by atoms with Gasteiger partial charge in [0.05, 0.1) is 19.1 Å². The van der Waals surface area contributed by atoms with Gasteiger partial charge in [0.1, 0.15) is 13.2 Å². The molecular weight excluding hydrogens is 464 g/mol. The number of hydrogen-bond donors (Lipinski definition) is 1. The van der Waals surface area contributed by atoms with Crippen molar-refractivity contribution in [1.82, 2.24) is 4.98 Å². The first kappa shape index (κ1) is 23.7. The van der Waals surface area contributed by atoms with Crippen molar-refractivity contribution in [2.45, 2.75) is 16.3 Å². The summed E-state index contributed by atoms with van der Waals surface area (Å²) in [5.41, 5.74) is 0.529. The molecule has 1 N–H and O–H groups in total. The fourth-order valence-electron chi connectivity index (χ4n) is 3.41. The zero-order valence-electron chi connectivity index (χ0n) is 19.1. The van der Waals surface area contributed by atoms with Crippen LogP contribution in [0.15, 0.2) is 50.7 Å². The predicted molar refractivity (Wildman–Crippen MR) is 123 cm³/mol. The molecule has 1 aromatic heterocycles. The zero-order chi connectivity index (χ0) is 24.1. The summed E-state index contributed by atoms with van der Waals surface area (Å²) in [6.45, 7) is 1.69. The summed E-state index contributed by atoms with van der Waals surface area (Å²) < 4.78 is 59.8. The molecule has 4 rings (SSSR count). The van der Waals surface area contributed by atoms with Crippen molar-refractivity contribution in [2.75, 3.05) is 53.0 Å². The van der Waals surface area contributed by atoms with E-state index < -0.39 is 9.84 Å². The number of hydrogen-bond acceptors (Lipinski definition) is 10. The lowest BCUT2D eigenvalue weighted by molar-refractivity contribution is 0.171. The lowest BCUT2D eigenvalue weighted by Crippen LogP contribution is -2.16. The average molecular weight is 491 g/mol. The second-order valence-corrected chi connectivity index (χ2v) is 9.17. The topological polar surface area (TPSA) is 118 Å². The third kappa shape index (κ3) is 4.75. The van der Waals surface area contributed by atoms with Crippen LogP contribution in [0.2, 0.25) is 0 Å². The lowest BCUT2D eigenvalue weighted by atomic mass is 10.2. The van der Waals surface area contributed by atoms with Crippen molar-refractivity contribution in [2.24, 2.45) is 0 Å². The van der Waals surface area contributed by atoms with Crippen LogP contribution >= 0.6 is 0 Å². The smallest absolute Gasteiger partial charge is 0.233 e. The quantitative estimate of drug-likeness (QED) is 0.424. The minimum atomic E-state index is -4.05. The highest BCUT2D eigenvalue weighted by molar-refractivity contribution is 7.91. The van der Waals surface area contributed by atoms with E-state index in [1.54, 1.807) is 31.4 Å². The number of oxazole rings is 1. The highest BCUT2D eigenvalue weighted by Crippen LogP contribution is 2.38. The fourth-order valence-corrected chi connectivity index (χ4v) is 4.71. The van der Waals surface area contributed by atoms with Gasteiger partial charge in [0, 0.05) is 31.9 Å². The summed E-state index contributed by atoms with van der Waals surface area (Å²) in [6, 6.07) is 9.54. The maximum absolute atomic E-state index is 13.6. The monoisotopic (exact) mass is 490 g/mol. The molecule has 10 nitrogen and oxygen atoms in total. The Balaban J connectivity index is 1.75. The van der Waals surface area contributed by atoms with Crippen LogP contribution in [0.3, 0.4) is 0 Å². The molecule has 0 fully saturated rings. The largest absolute Gasteiger partial charge is 0.493 e. The standard InChI is InChI=1S/C23H26N2O8S/c1-28-10-4-9-24-22-23(25-21(33-22)15-5-7-17(29-2)19(13-15)30-3)34(26,27)16-6-8-18-20(14-16)32-12-11-31-18/h5-8,13-14,24H,4,9-12H2,1-3H3. The van der Waals surface area contributed by atoms with Gasteiger partial charge in [-0.1, -0.05) is 0 Å². The van der Waals surface area contributed by atoms with E-state index in [-0.39, 0.29) is 21.7 Å². The first-order valence-electron chi connectivity index (χ1n) is 10.6. The predicted octanol–water partition coefficient (Wildman–Crippen LogP) is 3.41. The molecule has 1 aliphatic heterocycles. The van der Waals surface area contributed by atoms with Crippen LogP contribution in [0.4, 0.5) is 5.88 Å². The minimum absolute atomic E-state index is 0.0175. The Morgan fingerprint density at radius 2 is 1.74 bits per heavy atom. The van der Waals surface area contributed by atoms with Gasteiger partial charge >= 0.3 is 0 Å². The second-order valence-electron chi connectivity index (χ2n) is 7.31. The van der Waals surface area contributed by atoms with Gasteiger partial charge < -0.3 is 33.4 Å². The molecule has 1 aliphatic rings. The van der Waals surface area contributed by atoms with E-state index in [1.165, 1.54) is 26.4 Å². The highest BCUT2D eigenvalue weighted by atomic mass is 32.2. The molecule has 11 heteroatoms.